The maximum atomic E-state index is 13.5. The molecule has 1 saturated carbocycles. The van der Waals surface area contributed by atoms with E-state index in [0.29, 0.717) is 12.8 Å². The van der Waals surface area contributed by atoms with E-state index >= 15 is 0 Å². The van der Waals surface area contributed by atoms with Crippen LogP contribution in [0, 0.1) is 5.82 Å². The van der Waals surface area contributed by atoms with Gasteiger partial charge in [-0.2, -0.15) is 4.99 Å². The van der Waals surface area contributed by atoms with Gasteiger partial charge in [0.05, 0.1) is 0 Å². The first-order valence-corrected chi connectivity index (χ1v) is 4.76. The minimum atomic E-state index is -0.787. The van der Waals surface area contributed by atoms with Crippen molar-refractivity contribution < 1.29 is 14.3 Å². The molecule has 0 atom stereocenters. The number of carbonyl (C=O) groups excluding carboxylic acids is 1. The molecule has 4 heteroatoms. The van der Waals surface area contributed by atoms with Crippen molar-refractivity contribution in [1.82, 2.24) is 0 Å². The van der Waals surface area contributed by atoms with Crippen LogP contribution in [0.5, 0.6) is 5.75 Å². The molecular formula is C11H10FNO2. The predicted octanol–water partition coefficient (Wildman–Crippen LogP) is 2.25. The fourth-order valence-electron chi connectivity index (χ4n) is 1.91. The highest BCUT2D eigenvalue weighted by Gasteiger charge is 2.41. The van der Waals surface area contributed by atoms with Crippen LogP contribution < -0.4 is 0 Å². The van der Waals surface area contributed by atoms with E-state index in [1.807, 2.05) is 0 Å². The first-order valence-electron chi connectivity index (χ1n) is 4.76. The van der Waals surface area contributed by atoms with Gasteiger partial charge < -0.3 is 5.11 Å². The highest BCUT2D eigenvalue weighted by Crippen LogP contribution is 2.46. The van der Waals surface area contributed by atoms with Crippen LogP contribution in [0.2, 0.25) is 0 Å². The number of isocyanates is 1. The second kappa shape index (κ2) is 3.48. The van der Waals surface area contributed by atoms with Gasteiger partial charge >= 0.3 is 0 Å². The number of phenols is 1. The number of aromatic hydroxyl groups is 1. The molecule has 78 valence electrons. The fraction of sp³-hybridized carbons (Fsp3) is 0.364. The van der Waals surface area contributed by atoms with Crippen LogP contribution in [0.25, 0.3) is 0 Å². The quantitative estimate of drug-likeness (QED) is 0.597. The lowest BCUT2D eigenvalue weighted by Crippen LogP contribution is -2.32. The van der Waals surface area contributed by atoms with Gasteiger partial charge in [0.15, 0.2) is 0 Å². The van der Waals surface area contributed by atoms with Crippen LogP contribution in [0.15, 0.2) is 23.2 Å². The third-order valence-corrected chi connectivity index (χ3v) is 2.89. The highest BCUT2D eigenvalue weighted by atomic mass is 19.1. The number of nitrogens with zero attached hydrogens (tertiary/aromatic N) is 1. The number of rotatable bonds is 2. The van der Waals surface area contributed by atoms with Crippen LogP contribution in [0.3, 0.4) is 0 Å². The Bertz CT molecular complexity index is 434. The van der Waals surface area contributed by atoms with Crippen molar-refractivity contribution in [2.24, 2.45) is 4.99 Å². The van der Waals surface area contributed by atoms with Gasteiger partial charge in [0.2, 0.25) is 6.08 Å². The lowest BCUT2D eigenvalue weighted by Gasteiger charge is -2.37. The van der Waals surface area contributed by atoms with Crippen LogP contribution in [0.1, 0.15) is 24.8 Å². The number of halogens is 1. The molecule has 0 unspecified atom stereocenters. The summed E-state index contributed by atoms with van der Waals surface area (Å²) in [5.41, 5.74) is -0.498. The summed E-state index contributed by atoms with van der Waals surface area (Å²) in [6, 6.07) is 3.79. The fourth-order valence-corrected chi connectivity index (χ4v) is 1.91. The molecule has 0 saturated heterocycles. The van der Waals surface area contributed by atoms with Gasteiger partial charge in [-0.25, -0.2) is 9.18 Å². The number of benzene rings is 1. The Morgan fingerprint density at radius 3 is 2.73 bits per heavy atom. The highest BCUT2D eigenvalue weighted by molar-refractivity contribution is 5.41. The molecule has 0 bridgehead atoms. The first kappa shape index (κ1) is 9.87. The maximum absolute atomic E-state index is 13.5. The van der Waals surface area contributed by atoms with Gasteiger partial charge in [-0.15, -0.1) is 0 Å². The van der Waals surface area contributed by atoms with Crippen LogP contribution in [-0.4, -0.2) is 11.2 Å². The standard InChI is InChI=1S/C11H10FNO2/c12-10-3-2-8(15)6-9(10)11(13-7-14)4-1-5-11/h2-3,6,15H,1,4-5H2. The molecule has 0 aliphatic heterocycles. The molecule has 15 heavy (non-hydrogen) atoms. The van der Waals surface area contributed by atoms with E-state index in [2.05, 4.69) is 4.99 Å². The zero-order chi connectivity index (χ0) is 10.9. The van der Waals surface area contributed by atoms with Gasteiger partial charge in [0, 0.05) is 5.56 Å². The molecule has 2 rings (SSSR count). The van der Waals surface area contributed by atoms with Gasteiger partial charge in [0.25, 0.3) is 0 Å². The summed E-state index contributed by atoms with van der Waals surface area (Å²) in [6.07, 6.45) is 3.64. The summed E-state index contributed by atoms with van der Waals surface area (Å²) in [5, 5.41) is 9.28. The second-order valence-electron chi connectivity index (χ2n) is 3.75. The largest absolute Gasteiger partial charge is 0.508 e. The molecule has 0 aromatic heterocycles. The first-order chi connectivity index (χ1) is 7.18. The topological polar surface area (TPSA) is 49.7 Å². The molecular weight excluding hydrogens is 197 g/mol. The molecule has 0 heterocycles. The SMILES string of the molecule is O=C=NC1(c2cc(O)ccc2F)CCC1. The van der Waals surface area contributed by atoms with Gasteiger partial charge in [-0.3, -0.25) is 0 Å². The summed E-state index contributed by atoms with van der Waals surface area (Å²) >= 11 is 0. The van der Waals surface area contributed by atoms with Crippen molar-refractivity contribution in [2.45, 2.75) is 24.8 Å². The minimum absolute atomic E-state index is 0.0150. The lowest BCUT2D eigenvalue weighted by molar-refractivity contribution is 0.246. The Hall–Kier alpha value is -1.67. The Kier molecular flexibility index (Phi) is 2.29. The van der Waals surface area contributed by atoms with E-state index in [1.165, 1.54) is 24.3 Å². The van der Waals surface area contributed by atoms with E-state index < -0.39 is 11.4 Å². The van der Waals surface area contributed by atoms with Gasteiger partial charge in [-0.05, 0) is 37.5 Å². The Morgan fingerprint density at radius 1 is 1.47 bits per heavy atom. The van der Waals surface area contributed by atoms with Gasteiger partial charge in [-0.1, -0.05) is 0 Å². The normalized spacial score (nSPS) is 17.7. The lowest BCUT2D eigenvalue weighted by atomic mass is 9.72. The van der Waals surface area contributed by atoms with E-state index in [4.69, 9.17) is 0 Å². The third kappa shape index (κ3) is 1.53. The molecule has 0 spiro atoms. The minimum Gasteiger partial charge on any atom is -0.508 e. The average molecular weight is 207 g/mol. The third-order valence-electron chi connectivity index (χ3n) is 2.89. The summed E-state index contributed by atoms with van der Waals surface area (Å²) in [5.74, 6) is -0.453. The van der Waals surface area contributed by atoms with Crippen molar-refractivity contribution in [3.63, 3.8) is 0 Å². The summed E-state index contributed by atoms with van der Waals surface area (Å²) in [6.45, 7) is 0. The van der Waals surface area contributed by atoms with Crippen LogP contribution in [-0.2, 0) is 10.3 Å². The number of phenolic OH excluding ortho intramolecular Hbond substituents is 1. The molecule has 1 aromatic rings. The van der Waals surface area contributed by atoms with E-state index in [9.17, 15) is 14.3 Å². The Balaban J connectivity index is 2.51. The van der Waals surface area contributed by atoms with E-state index in [-0.39, 0.29) is 11.3 Å². The molecule has 1 fully saturated rings. The Labute approximate surface area is 86.3 Å². The molecule has 0 radical (unpaired) electrons. The molecule has 1 aliphatic rings. The second-order valence-corrected chi connectivity index (χ2v) is 3.75. The average Bonchev–Trinajstić information content (AvgIpc) is 2.16. The van der Waals surface area contributed by atoms with Crippen molar-refractivity contribution in [3.8, 4) is 5.75 Å². The molecule has 1 aliphatic carbocycles. The summed E-state index contributed by atoms with van der Waals surface area (Å²) in [4.78, 5) is 14.0. The van der Waals surface area contributed by atoms with Gasteiger partial charge in [0.1, 0.15) is 17.1 Å². The predicted molar refractivity (Wildman–Crippen MR) is 51.7 cm³/mol. The smallest absolute Gasteiger partial charge is 0.235 e. The summed E-state index contributed by atoms with van der Waals surface area (Å²) < 4.78 is 13.5. The zero-order valence-electron chi connectivity index (χ0n) is 8.03. The number of aliphatic imine (C=N–C) groups is 1. The van der Waals surface area contributed by atoms with Crippen LogP contribution >= 0.6 is 0 Å². The zero-order valence-corrected chi connectivity index (χ0v) is 8.03. The van der Waals surface area contributed by atoms with E-state index in [0.717, 1.165) is 6.42 Å². The number of hydrogen-bond acceptors (Lipinski definition) is 3. The Morgan fingerprint density at radius 2 is 2.20 bits per heavy atom. The van der Waals surface area contributed by atoms with Crippen molar-refractivity contribution in [1.29, 1.82) is 0 Å². The molecule has 0 amide bonds. The molecule has 3 nitrogen and oxygen atoms in total. The maximum Gasteiger partial charge on any atom is 0.235 e. The number of hydrogen-bond donors (Lipinski definition) is 1. The monoisotopic (exact) mass is 207 g/mol. The van der Waals surface area contributed by atoms with Crippen molar-refractivity contribution in [3.05, 3.63) is 29.6 Å². The van der Waals surface area contributed by atoms with E-state index in [1.54, 1.807) is 0 Å². The van der Waals surface area contributed by atoms with Crippen molar-refractivity contribution in [2.75, 3.05) is 0 Å². The van der Waals surface area contributed by atoms with Crippen molar-refractivity contribution >= 4 is 6.08 Å². The molecule has 1 N–H and O–H groups in total. The summed E-state index contributed by atoms with van der Waals surface area (Å²) in [7, 11) is 0. The molecule has 1 aromatic carbocycles. The van der Waals surface area contributed by atoms with Crippen LogP contribution in [0.4, 0.5) is 4.39 Å².